The van der Waals surface area contributed by atoms with Crippen molar-refractivity contribution in [2.24, 2.45) is 0 Å². The number of aryl methyl sites for hydroxylation is 1. The molecule has 0 atom stereocenters. The van der Waals surface area contributed by atoms with E-state index in [9.17, 15) is 9.18 Å². The second-order valence-corrected chi connectivity index (χ2v) is 5.39. The first-order chi connectivity index (χ1) is 9.72. The minimum Gasteiger partial charge on any atom is -0.298 e. The zero-order valence-electron chi connectivity index (χ0n) is 11.5. The topological polar surface area (TPSA) is 17.1 Å². The molecular weight excluding hydrogens is 251 g/mol. The first kappa shape index (κ1) is 13.0. The van der Waals surface area contributed by atoms with Gasteiger partial charge in [-0.15, -0.1) is 0 Å². The minimum atomic E-state index is -0.220. The maximum absolute atomic E-state index is 13.1. The molecule has 0 heterocycles. The summed E-state index contributed by atoms with van der Waals surface area (Å²) in [6.07, 6.45) is 4.13. The van der Waals surface area contributed by atoms with Crippen LogP contribution in [0.25, 0.3) is 11.1 Å². The Kier molecular flexibility index (Phi) is 3.39. The highest BCUT2D eigenvalue weighted by atomic mass is 19.1. The van der Waals surface area contributed by atoms with Crippen LogP contribution in [-0.4, -0.2) is 6.29 Å². The molecule has 0 bridgehead atoms. The third-order valence-corrected chi connectivity index (χ3v) is 3.99. The molecule has 0 saturated heterocycles. The van der Waals surface area contributed by atoms with Crippen LogP contribution in [0.3, 0.4) is 0 Å². The highest BCUT2D eigenvalue weighted by Crippen LogP contribution is 2.45. The molecule has 0 radical (unpaired) electrons. The number of carbonyl (C=O) groups is 1. The fraction of sp³-hybridized carbons (Fsp3) is 0.278. The lowest BCUT2D eigenvalue weighted by Crippen LogP contribution is -1.97. The third kappa shape index (κ3) is 2.38. The average molecular weight is 268 g/mol. The molecule has 1 saturated carbocycles. The fourth-order valence-electron chi connectivity index (χ4n) is 2.71. The Morgan fingerprint density at radius 1 is 1.20 bits per heavy atom. The molecule has 2 aromatic rings. The number of halogens is 1. The van der Waals surface area contributed by atoms with Crippen LogP contribution in [0.2, 0.25) is 0 Å². The summed E-state index contributed by atoms with van der Waals surface area (Å²) < 4.78 is 13.1. The molecule has 1 fully saturated rings. The molecular formula is C18H17FO. The van der Waals surface area contributed by atoms with Gasteiger partial charge in [0.15, 0.2) is 0 Å². The van der Waals surface area contributed by atoms with Crippen molar-refractivity contribution in [3.8, 4) is 11.1 Å². The average Bonchev–Trinajstić information content (AvgIpc) is 3.31. The van der Waals surface area contributed by atoms with E-state index in [0.717, 1.165) is 35.0 Å². The Balaban J connectivity index is 2.16. The molecule has 0 aliphatic heterocycles. The van der Waals surface area contributed by atoms with E-state index in [1.807, 2.05) is 25.1 Å². The molecule has 2 heteroatoms. The van der Waals surface area contributed by atoms with Crippen molar-refractivity contribution in [2.75, 3.05) is 0 Å². The summed E-state index contributed by atoms with van der Waals surface area (Å²) in [7, 11) is 0. The Hall–Kier alpha value is -1.96. The number of hydrogen-bond acceptors (Lipinski definition) is 1. The van der Waals surface area contributed by atoms with Crippen molar-refractivity contribution in [1.82, 2.24) is 0 Å². The molecule has 102 valence electrons. The standard InChI is InChI=1S/C18H17FO/c1-2-12-9-17(14-5-7-16(19)8-6-14)18(13-3-4-13)10-15(12)11-20/h5-11,13H,2-4H2,1H3. The Morgan fingerprint density at radius 3 is 2.45 bits per heavy atom. The van der Waals surface area contributed by atoms with Crippen molar-refractivity contribution in [1.29, 1.82) is 0 Å². The maximum Gasteiger partial charge on any atom is 0.150 e. The molecule has 0 amide bonds. The largest absolute Gasteiger partial charge is 0.298 e. The molecule has 20 heavy (non-hydrogen) atoms. The summed E-state index contributed by atoms with van der Waals surface area (Å²) in [5, 5.41) is 0. The maximum atomic E-state index is 13.1. The molecule has 1 aliphatic carbocycles. The van der Waals surface area contributed by atoms with Crippen molar-refractivity contribution in [3.63, 3.8) is 0 Å². The van der Waals surface area contributed by atoms with Crippen LogP contribution in [0.15, 0.2) is 36.4 Å². The number of aldehydes is 1. The first-order valence-corrected chi connectivity index (χ1v) is 7.11. The van der Waals surface area contributed by atoms with Gasteiger partial charge < -0.3 is 0 Å². The fourth-order valence-corrected chi connectivity index (χ4v) is 2.71. The monoisotopic (exact) mass is 268 g/mol. The lowest BCUT2D eigenvalue weighted by atomic mass is 9.91. The van der Waals surface area contributed by atoms with Crippen LogP contribution in [0.1, 0.15) is 47.2 Å². The van der Waals surface area contributed by atoms with Crippen molar-refractivity contribution in [2.45, 2.75) is 32.1 Å². The molecule has 3 rings (SSSR count). The van der Waals surface area contributed by atoms with Gasteiger partial charge in [0.25, 0.3) is 0 Å². The molecule has 0 aromatic heterocycles. The van der Waals surface area contributed by atoms with E-state index in [2.05, 4.69) is 6.07 Å². The number of rotatable bonds is 4. The van der Waals surface area contributed by atoms with Crippen LogP contribution in [0.4, 0.5) is 4.39 Å². The van der Waals surface area contributed by atoms with Gasteiger partial charge >= 0.3 is 0 Å². The van der Waals surface area contributed by atoms with Gasteiger partial charge in [-0.3, -0.25) is 4.79 Å². The van der Waals surface area contributed by atoms with E-state index in [1.54, 1.807) is 0 Å². The molecule has 0 N–H and O–H groups in total. The second-order valence-electron chi connectivity index (χ2n) is 5.39. The van der Waals surface area contributed by atoms with Gasteiger partial charge in [0.05, 0.1) is 0 Å². The highest BCUT2D eigenvalue weighted by Gasteiger charge is 2.27. The lowest BCUT2D eigenvalue weighted by molar-refractivity contribution is 0.112. The number of benzene rings is 2. The van der Waals surface area contributed by atoms with Gasteiger partial charge in [0.2, 0.25) is 0 Å². The molecule has 1 nitrogen and oxygen atoms in total. The smallest absolute Gasteiger partial charge is 0.150 e. The number of carbonyl (C=O) groups excluding carboxylic acids is 1. The zero-order chi connectivity index (χ0) is 14.1. The Labute approximate surface area is 118 Å². The minimum absolute atomic E-state index is 0.220. The van der Waals surface area contributed by atoms with Gasteiger partial charge in [-0.05, 0) is 65.6 Å². The predicted octanol–water partition coefficient (Wildman–Crippen LogP) is 4.75. The Morgan fingerprint density at radius 2 is 1.90 bits per heavy atom. The molecule has 2 aromatic carbocycles. The van der Waals surface area contributed by atoms with Crippen LogP contribution in [-0.2, 0) is 6.42 Å². The van der Waals surface area contributed by atoms with Gasteiger partial charge in [-0.25, -0.2) is 4.39 Å². The van der Waals surface area contributed by atoms with Crippen LogP contribution < -0.4 is 0 Å². The van der Waals surface area contributed by atoms with Crippen LogP contribution >= 0.6 is 0 Å². The van der Waals surface area contributed by atoms with Crippen LogP contribution in [0, 0.1) is 5.82 Å². The van der Waals surface area contributed by atoms with E-state index >= 15 is 0 Å². The van der Waals surface area contributed by atoms with Crippen molar-refractivity contribution >= 4 is 6.29 Å². The summed E-state index contributed by atoms with van der Waals surface area (Å²) in [5.74, 6) is 0.335. The van der Waals surface area contributed by atoms with Gasteiger partial charge in [0.1, 0.15) is 12.1 Å². The first-order valence-electron chi connectivity index (χ1n) is 7.11. The van der Waals surface area contributed by atoms with Crippen molar-refractivity contribution < 1.29 is 9.18 Å². The Bertz CT molecular complexity index is 639. The van der Waals surface area contributed by atoms with Gasteiger partial charge in [0, 0.05) is 5.56 Å². The third-order valence-electron chi connectivity index (χ3n) is 3.99. The molecule has 0 unspecified atom stereocenters. The van der Waals surface area contributed by atoms with Gasteiger partial charge in [-0.1, -0.05) is 25.1 Å². The van der Waals surface area contributed by atoms with Crippen molar-refractivity contribution in [3.05, 3.63) is 58.9 Å². The normalized spacial score (nSPS) is 14.3. The highest BCUT2D eigenvalue weighted by molar-refractivity contribution is 5.82. The van der Waals surface area contributed by atoms with E-state index in [4.69, 9.17) is 0 Å². The summed E-state index contributed by atoms with van der Waals surface area (Å²) in [6, 6.07) is 10.7. The van der Waals surface area contributed by atoms with Gasteiger partial charge in [-0.2, -0.15) is 0 Å². The molecule has 1 aliphatic rings. The summed E-state index contributed by atoms with van der Waals surface area (Å²) in [4.78, 5) is 11.2. The second kappa shape index (κ2) is 5.20. The van der Waals surface area contributed by atoms with E-state index in [0.29, 0.717) is 5.92 Å². The van der Waals surface area contributed by atoms with Crippen LogP contribution in [0.5, 0.6) is 0 Å². The molecule has 0 spiro atoms. The summed E-state index contributed by atoms with van der Waals surface area (Å²) in [5.41, 5.74) is 5.26. The SMILES string of the molecule is CCc1cc(-c2ccc(F)cc2)c(C2CC2)cc1C=O. The quantitative estimate of drug-likeness (QED) is 0.732. The lowest BCUT2D eigenvalue weighted by Gasteiger charge is -2.13. The zero-order valence-corrected chi connectivity index (χ0v) is 11.5. The number of hydrogen-bond donors (Lipinski definition) is 0. The van der Waals surface area contributed by atoms with E-state index in [-0.39, 0.29) is 5.82 Å². The predicted molar refractivity (Wildman–Crippen MR) is 78.6 cm³/mol. The summed E-state index contributed by atoms with van der Waals surface area (Å²) in [6.45, 7) is 2.05. The van der Waals surface area contributed by atoms with E-state index in [1.165, 1.54) is 30.5 Å². The van der Waals surface area contributed by atoms with E-state index < -0.39 is 0 Å². The summed E-state index contributed by atoms with van der Waals surface area (Å²) >= 11 is 0.